The number of carbonyl (C=O) groups is 4. The van der Waals surface area contributed by atoms with Gasteiger partial charge in [0.2, 0.25) is 11.6 Å². The standard InChI is InChI=1S/C8H15NO4.C7H12O3.C4H11NO2/c1-4-6(10)8(11)9-5-7(12-2)13-3;1-3-5-6(8)7(9)10-4-2;1-6-4(3-5)7-2/h7H,4-5H2,1-3H3,(H,9,11);3-5H2,1-2H3;4H,3,5H2,1-2H3. The fourth-order valence-electron chi connectivity index (χ4n) is 1.53. The lowest BCUT2D eigenvalue weighted by molar-refractivity contribution is -0.153. The third-order valence-electron chi connectivity index (χ3n) is 3.23. The number of nitrogens with two attached hydrogens (primary N) is 1. The molecule has 1 amide bonds. The van der Waals surface area contributed by atoms with E-state index >= 15 is 0 Å². The van der Waals surface area contributed by atoms with Gasteiger partial charge in [-0.25, -0.2) is 4.79 Å². The summed E-state index contributed by atoms with van der Waals surface area (Å²) in [6, 6.07) is 0. The number of rotatable bonds is 13. The minimum atomic E-state index is -0.704. The van der Waals surface area contributed by atoms with Gasteiger partial charge in [-0.2, -0.15) is 0 Å². The fourth-order valence-corrected chi connectivity index (χ4v) is 1.53. The van der Waals surface area contributed by atoms with Gasteiger partial charge >= 0.3 is 5.97 Å². The molecule has 3 N–H and O–H groups in total. The molecule has 0 rings (SSSR count). The molecule has 178 valence electrons. The van der Waals surface area contributed by atoms with Crippen LogP contribution in [0.2, 0.25) is 0 Å². The third-order valence-corrected chi connectivity index (χ3v) is 3.23. The van der Waals surface area contributed by atoms with Gasteiger partial charge in [0.25, 0.3) is 5.91 Å². The second-order valence-electron chi connectivity index (χ2n) is 5.42. The number of ketones is 2. The SMILES string of the molecule is CCC(=O)C(=O)NCC(OC)OC.CCCC(=O)C(=O)OCC.COC(CN)OC. The second-order valence-corrected chi connectivity index (χ2v) is 5.42. The molecule has 0 aromatic rings. The van der Waals surface area contributed by atoms with Gasteiger partial charge in [0.1, 0.15) is 0 Å². The van der Waals surface area contributed by atoms with Gasteiger partial charge < -0.3 is 34.7 Å². The molecule has 0 saturated carbocycles. The Morgan fingerprint density at radius 2 is 1.33 bits per heavy atom. The van der Waals surface area contributed by atoms with E-state index < -0.39 is 29.7 Å². The predicted molar refractivity (Wildman–Crippen MR) is 110 cm³/mol. The van der Waals surface area contributed by atoms with Crippen LogP contribution < -0.4 is 11.1 Å². The lowest BCUT2D eigenvalue weighted by Gasteiger charge is -2.13. The molecule has 30 heavy (non-hydrogen) atoms. The quantitative estimate of drug-likeness (QED) is 0.231. The van der Waals surface area contributed by atoms with E-state index in [4.69, 9.17) is 24.7 Å². The van der Waals surface area contributed by atoms with Crippen LogP contribution in [-0.4, -0.2) is 84.2 Å². The van der Waals surface area contributed by atoms with Gasteiger partial charge in [0.05, 0.1) is 13.2 Å². The molecule has 0 aromatic carbocycles. The molecule has 0 bridgehead atoms. The van der Waals surface area contributed by atoms with Crippen molar-refractivity contribution in [3.8, 4) is 0 Å². The number of hydrogen-bond donors (Lipinski definition) is 2. The van der Waals surface area contributed by atoms with Gasteiger partial charge in [0, 0.05) is 47.8 Å². The molecule has 0 heterocycles. The van der Waals surface area contributed by atoms with Gasteiger partial charge in [-0.3, -0.25) is 14.4 Å². The van der Waals surface area contributed by atoms with Crippen LogP contribution in [0.25, 0.3) is 0 Å². The van der Waals surface area contributed by atoms with Crippen molar-refractivity contribution < 1.29 is 42.9 Å². The predicted octanol–water partition coefficient (Wildman–Crippen LogP) is 0.183. The lowest BCUT2D eigenvalue weighted by atomic mass is 10.2. The highest BCUT2D eigenvalue weighted by atomic mass is 16.7. The number of ether oxygens (including phenoxy) is 5. The number of methoxy groups -OCH3 is 4. The number of Topliss-reactive ketones (excluding diaryl/α,β-unsaturated/α-hetero) is 2. The summed E-state index contributed by atoms with van der Waals surface area (Å²) in [7, 11) is 6.03. The van der Waals surface area contributed by atoms with Gasteiger partial charge in [-0.05, 0) is 13.3 Å². The molecule has 0 aliphatic heterocycles. The highest BCUT2D eigenvalue weighted by Crippen LogP contribution is 1.91. The summed E-state index contributed by atoms with van der Waals surface area (Å²) in [5.74, 6) is -2.17. The van der Waals surface area contributed by atoms with Crippen molar-refractivity contribution in [1.29, 1.82) is 0 Å². The van der Waals surface area contributed by atoms with Crippen molar-refractivity contribution in [2.45, 2.75) is 52.6 Å². The Bertz CT molecular complexity index is 443. The van der Waals surface area contributed by atoms with Crippen LogP contribution in [0, 0.1) is 0 Å². The first kappa shape index (κ1) is 32.7. The maximum atomic E-state index is 10.9. The number of esters is 1. The molecule has 11 heteroatoms. The van der Waals surface area contributed by atoms with Crippen LogP contribution in [0.15, 0.2) is 0 Å². The lowest BCUT2D eigenvalue weighted by Crippen LogP contribution is -2.37. The molecule has 0 atom stereocenters. The normalized spacial score (nSPS) is 9.80. The van der Waals surface area contributed by atoms with Crippen LogP contribution in [0.5, 0.6) is 0 Å². The largest absolute Gasteiger partial charge is 0.460 e. The Morgan fingerprint density at radius 1 is 0.833 bits per heavy atom. The highest BCUT2D eigenvalue weighted by Gasteiger charge is 2.13. The minimum Gasteiger partial charge on any atom is -0.460 e. The van der Waals surface area contributed by atoms with E-state index in [2.05, 4.69) is 10.1 Å². The zero-order valence-corrected chi connectivity index (χ0v) is 19.1. The van der Waals surface area contributed by atoms with E-state index in [9.17, 15) is 19.2 Å². The molecule has 0 fully saturated rings. The van der Waals surface area contributed by atoms with E-state index in [-0.39, 0.29) is 25.9 Å². The van der Waals surface area contributed by atoms with Gasteiger partial charge in [0.15, 0.2) is 12.6 Å². The average molecular weight is 439 g/mol. The van der Waals surface area contributed by atoms with Crippen molar-refractivity contribution in [3.05, 3.63) is 0 Å². The van der Waals surface area contributed by atoms with E-state index in [0.29, 0.717) is 19.4 Å². The first-order valence-corrected chi connectivity index (χ1v) is 9.54. The highest BCUT2D eigenvalue weighted by molar-refractivity contribution is 6.36. The summed E-state index contributed by atoms with van der Waals surface area (Å²) in [6.07, 6.45) is 0.445. The van der Waals surface area contributed by atoms with Crippen LogP contribution >= 0.6 is 0 Å². The smallest absolute Gasteiger partial charge is 0.374 e. The topological polar surface area (TPSA) is 152 Å². The fraction of sp³-hybridized carbons (Fsp3) is 0.789. The van der Waals surface area contributed by atoms with Crippen molar-refractivity contribution in [2.24, 2.45) is 5.73 Å². The first-order valence-electron chi connectivity index (χ1n) is 9.54. The summed E-state index contributed by atoms with van der Waals surface area (Å²) in [5.41, 5.74) is 5.14. The Labute approximate surface area is 178 Å². The van der Waals surface area contributed by atoms with Crippen molar-refractivity contribution in [3.63, 3.8) is 0 Å². The summed E-state index contributed by atoms with van der Waals surface area (Å²) in [5, 5.41) is 2.40. The molecule has 0 saturated heterocycles. The zero-order valence-electron chi connectivity index (χ0n) is 19.1. The van der Waals surface area contributed by atoms with Crippen LogP contribution in [0.4, 0.5) is 0 Å². The number of amides is 1. The molecule has 0 spiro atoms. The van der Waals surface area contributed by atoms with Crippen molar-refractivity contribution in [2.75, 3.05) is 48.1 Å². The molecular weight excluding hydrogens is 400 g/mol. The maximum absolute atomic E-state index is 10.9. The van der Waals surface area contributed by atoms with E-state index in [1.807, 2.05) is 6.92 Å². The minimum absolute atomic E-state index is 0.178. The average Bonchev–Trinajstić information content (AvgIpc) is 2.76. The van der Waals surface area contributed by atoms with E-state index in [1.165, 1.54) is 14.2 Å². The summed E-state index contributed by atoms with van der Waals surface area (Å²) >= 11 is 0. The molecule has 0 radical (unpaired) electrons. The monoisotopic (exact) mass is 438 g/mol. The van der Waals surface area contributed by atoms with Gasteiger partial charge in [-0.1, -0.05) is 13.8 Å². The van der Waals surface area contributed by atoms with Gasteiger partial charge in [-0.15, -0.1) is 0 Å². The molecule has 0 aliphatic rings. The van der Waals surface area contributed by atoms with Crippen LogP contribution in [-0.2, 0) is 42.9 Å². The van der Waals surface area contributed by atoms with Crippen molar-refractivity contribution >= 4 is 23.4 Å². The summed E-state index contributed by atoms with van der Waals surface area (Å²) < 4.78 is 23.5. The Kier molecular flexibility index (Phi) is 25.5. The summed E-state index contributed by atoms with van der Waals surface area (Å²) in [4.78, 5) is 43.0. The number of carbonyl (C=O) groups excluding carboxylic acids is 4. The molecule has 0 aliphatic carbocycles. The Hall–Kier alpha value is -1.92. The van der Waals surface area contributed by atoms with Crippen LogP contribution in [0.3, 0.4) is 0 Å². The van der Waals surface area contributed by atoms with E-state index in [1.54, 1.807) is 28.1 Å². The number of nitrogens with one attached hydrogen (secondary N) is 1. The number of hydrogen-bond acceptors (Lipinski definition) is 10. The third kappa shape index (κ3) is 19.4. The first-order chi connectivity index (χ1) is 14.2. The van der Waals surface area contributed by atoms with Crippen LogP contribution in [0.1, 0.15) is 40.0 Å². The molecular formula is C19H38N2O9. The second kappa shape index (κ2) is 23.4. The molecule has 0 unspecified atom stereocenters. The Morgan fingerprint density at radius 3 is 1.63 bits per heavy atom. The van der Waals surface area contributed by atoms with E-state index in [0.717, 1.165) is 0 Å². The Balaban J connectivity index is -0.000000383. The van der Waals surface area contributed by atoms with Crippen molar-refractivity contribution in [1.82, 2.24) is 5.32 Å². The molecule has 11 nitrogen and oxygen atoms in total. The molecule has 0 aromatic heterocycles. The summed E-state index contributed by atoms with van der Waals surface area (Å²) in [6.45, 7) is 6.01. The maximum Gasteiger partial charge on any atom is 0.374 e. The zero-order chi connectivity index (χ0) is 23.9.